The average Bonchev–Trinajstić information content (AvgIpc) is 2.77. The largest absolute Gasteiger partial charge is 0.493 e. The Bertz CT molecular complexity index is 1010. The van der Waals surface area contributed by atoms with Crippen molar-refractivity contribution in [2.75, 3.05) is 32.6 Å². The second-order valence-corrected chi connectivity index (χ2v) is 6.53. The maximum absolute atomic E-state index is 12.9. The Morgan fingerprint density at radius 3 is 2.42 bits per heavy atom. The molecule has 2 rings (SSSR count). The molecule has 176 valence electrons. The predicted octanol–water partition coefficient (Wildman–Crippen LogP) is 3.09. The second-order valence-electron chi connectivity index (χ2n) is 6.53. The minimum Gasteiger partial charge on any atom is -0.493 e. The van der Waals surface area contributed by atoms with Gasteiger partial charge in [0, 0.05) is 18.8 Å². The van der Waals surface area contributed by atoms with Crippen LogP contribution in [0.5, 0.6) is 11.5 Å². The molecule has 0 radical (unpaired) electrons. The topological polar surface area (TPSA) is 94.2 Å². The van der Waals surface area contributed by atoms with Gasteiger partial charge < -0.3 is 24.4 Å². The van der Waals surface area contributed by atoms with E-state index in [2.05, 4.69) is 10.1 Å². The highest BCUT2D eigenvalue weighted by Gasteiger charge is 2.15. The summed E-state index contributed by atoms with van der Waals surface area (Å²) >= 11 is 0. The van der Waals surface area contributed by atoms with Gasteiger partial charge in [-0.1, -0.05) is 6.07 Å². The molecule has 0 aliphatic carbocycles. The van der Waals surface area contributed by atoms with Gasteiger partial charge in [-0.15, -0.1) is 0 Å². The zero-order valence-electron chi connectivity index (χ0n) is 17.7. The minimum atomic E-state index is -3.01. The van der Waals surface area contributed by atoms with Crippen molar-refractivity contribution in [1.82, 2.24) is 4.90 Å². The van der Waals surface area contributed by atoms with Crippen molar-refractivity contribution in [3.05, 3.63) is 59.9 Å². The number of benzene rings is 2. The number of likely N-dealkylation sites (N-methyl/N-ethyl adjacent to an activating group) is 1. The summed E-state index contributed by atoms with van der Waals surface area (Å²) in [7, 11) is 2.63. The molecule has 2 aromatic rings. The maximum Gasteiger partial charge on any atom is 0.387 e. The molecule has 1 N–H and O–H groups in total. The first-order valence-electron chi connectivity index (χ1n) is 9.45. The van der Waals surface area contributed by atoms with Crippen LogP contribution < -0.4 is 14.8 Å². The minimum absolute atomic E-state index is 0.0431. The highest BCUT2D eigenvalue weighted by atomic mass is 19.3. The number of rotatable bonds is 10. The molecule has 0 unspecified atom stereocenters. The van der Waals surface area contributed by atoms with Crippen molar-refractivity contribution in [1.29, 1.82) is 0 Å². The molecule has 0 atom stereocenters. The lowest BCUT2D eigenvalue weighted by molar-refractivity contribution is -0.148. The Morgan fingerprint density at radius 2 is 1.79 bits per heavy atom. The monoisotopic (exact) mass is 466 g/mol. The van der Waals surface area contributed by atoms with Crippen LogP contribution in [0.2, 0.25) is 0 Å². The number of amides is 2. The van der Waals surface area contributed by atoms with Crippen LogP contribution in [0.3, 0.4) is 0 Å². The van der Waals surface area contributed by atoms with Crippen LogP contribution in [0.15, 0.2) is 48.5 Å². The SMILES string of the molecule is COc1cc(/C=C/C(=O)OCC(=O)N(C)CC(=O)Nc2ccc(F)cc2)ccc1OC(F)F. The lowest BCUT2D eigenvalue weighted by atomic mass is 10.2. The first-order valence-corrected chi connectivity index (χ1v) is 9.45. The Hall–Kier alpha value is -4.02. The molecule has 0 fully saturated rings. The van der Waals surface area contributed by atoms with Crippen molar-refractivity contribution >= 4 is 29.5 Å². The Labute approximate surface area is 187 Å². The van der Waals surface area contributed by atoms with Crippen molar-refractivity contribution in [3.63, 3.8) is 0 Å². The number of alkyl halides is 2. The highest BCUT2D eigenvalue weighted by molar-refractivity contribution is 5.95. The van der Waals surface area contributed by atoms with Crippen LogP contribution in [0.25, 0.3) is 6.08 Å². The van der Waals surface area contributed by atoms with E-state index in [1.54, 1.807) is 0 Å². The molecule has 0 aliphatic rings. The van der Waals surface area contributed by atoms with Crippen molar-refractivity contribution in [2.45, 2.75) is 6.61 Å². The molecular formula is C22H21F3N2O6. The van der Waals surface area contributed by atoms with Crippen LogP contribution in [0.1, 0.15) is 5.56 Å². The summed E-state index contributed by atoms with van der Waals surface area (Å²) in [5.74, 6) is -2.55. The zero-order valence-corrected chi connectivity index (χ0v) is 17.7. The molecule has 33 heavy (non-hydrogen) atoms. The van der Waals surface area contributed by atoms with Crippen LogP contribution in [0.4, 0.5) is 18.9 Å². The lowest BCUT2D eigenvalue weighted by Gasteiger charge is -2.16. The number of hydrogen-bond donors (Lipinski definition) is 1. The van der Waals surface area contributed by atoms with Gasteiger partial charge >= 0.3 is 12.6 Å². The molecule has 0 heterocycles. The number of carbonyl (C=O) groups excluding carboxylic acids is 3. The van der Waals surface area contributed by atoms with E-state index in [4.69, 9.17) is 9.47 Å². The zero-order chi connectivity index (χ0) is 24.4. The predicted molar refractivity (Wildman–Crippen MR) is 112 cm³/mol. The Kier molecular flexibility index (Phi) is 9.28. The maximum atomic E-state index is 12.9. The van der Waals surface area contributed by atoms with Crippen LogP contribution >= 0.6 is 0 Å². The molecule has 0 saturated heterocycles. The molecule has 0 saturated carbocycles. The van der Waals surface area contributed by atoms with Crippen LogP contribution in [-0.4, -0.2) is 56.6 Å². The number of carbonyl (C=O) groups is 3. The summed E-state index contributed by atoms with van der Waals surface area (Å²) < 4.78 is 51.7. The van der Waals surface area contributed by atoms with Crippen LogP contribution in [-0.2, 0) is 19.1 Å². The highest BCUT2D eigenvalue weighted by Crippen LogP contribution is 2.29. The Balaban J connectivity index is 1.81. The van der Waals surface area contributed by atoms with E-state index in [0.29, 0.717) is 11.3 Å². The fraction of sp³-hybridized carbons (Fsp3) is 0.227. The number of ether oxygens (including phenoxy) is 3. The smallest absolute Gasteiger partial charge is 0.387 e. The normalized spacial score (nSPS) is 10.7. The standard InChI is InChI=1S/C22H21F3N2O6/c1-27(12-19(28)26-16-7-5-15(23)6-8-16)20(29)13-32-21(30)10-4-14-3-9-17(33-22(24)25)18(11-14)31-2/h3-11,22H,12-13H2,1-2H3,(H,26,28)/b10-4+. The molecule has 0 aromatic heterocycles. The molecule has 0 aliphatic heterocycles. The Morgan fingerprint density at radius 1 is 1.09 bits per heavy atom. The van der Waals surface area contributed by atoms with E-state index in [0.717, 1.165) is 11.0 Å². The van der Waals surface area contributed by atoms with E-state index in [-0.39, 0.29) is 18.0 Å². The van der Waals surface area contributed by atoms with Gasteiger partial charge in [0.25, 0.3) is 5.91 Å². The lowest BCUT2D eigenvalue weighted by Crippen LogP contribution is -2.37. The number of methoxy groups -OCH3 is 1. The summed E-state index contributed by atoms with van der Waals surface area (Å²) in [6.45, 7) is -3.93. The summed E-state index contributed by atoms with van der Waals surface area (Å²) in [6.07, 6.45) is 2.37. The summed E-state index contributed by atoms with van der Waals surface area (Å²) in [5.41, 5.74) is 0.801. The first kappa shape index (κ1) is 25.2. The van der Waals surface area contributed by atoms with Gasteiger partial charge in [-0.05, 0) is 48.0 Å². The molecule has 11 heteroatoms. The number of halogens is 3. The van der Waals surface area contributed by atoms with E-state index in [1.807, 2.05) is 0 Å². The fourth-order valence-electron chi connectivity index (χ4n) is 2.47. The number of nitrogens with zero attached hydrogens (tertiary/aromatic N) is 1. The van der Waals surface area contributed by atoms with Gasteiger partial charge in [-0.3, -0.25) is 9.59 Å². The van der Waals surface area contributed by atoms with Gasteiger partial charge in [-0.25, -0.2) is 9.18 Å². The number of nitrogens with one attached hydrogen (secondary N) is 1. The molecule has 8 nitrogen and oxygen atoms in total. The summed E-state index contributed by atoms with van der Waals surface area (Å²) in [5, 5.41) is 2.50. The third-order valence-corrected chi connectivity index (χ3v) is 4.09. The molecule has 2 amide bonds. The first-order chi connectivity index (χ1) is 15.7. The summed E-state index contributed by atoms with van der Waals surface area (Å²) in [6, 6.07) is 9.16. The van der Waals surface area contributed by atoms with Gasteiger partial charge in [0.05, 0.1) is 13.7 Å². The van der Waals surface area contributed by atoms with E-state index in [9.17, 15) is 27.6 Å². The van der Waals surface area contributed by atoms with Gasteiger partial charge in [0.2, 0.25) is 5.91 Å². The van der Waals surface area contributed by atoms with Crippen molar-refractivity contribution in [3.8, 4) is 11.5 Å². The van der Waals surface area contributed by atoms with Gasteiger partial charge in [0.1, 0.15) is 5.82 Å². The average molecular weight is 466 g/mol. The third kappa shape index (κ3) is 8.56. The molecule has 0 bridgehead atoms. The quantitative estimate of drug-likeness (QED) is 0.427. The summed E-state index contributed by atoms with van der Waals surface area (Å²) in [4.78, 5) is 36.9. The molecule has 2 aromatic carbocycles. The van der Waals surface area contributed by atoms with Crippen molar-refractivity contribution in [2.24, 2.45) is 0 Å². The number of hydrogen-bond acceptors (Lipinski definition) is 6. The number of esters is 1. The molecule has 0 spiro atoms. The second kappa shape index (κ2) is 12.1. The van der Waals surface area contributed by atoms with Crippen molar-refractivity contribution < 1.29 is 41.8 Å². The van der Waals surface area contributed by atoms with Gasteiger partial charge in [0.15, 0.2) is 18.1 Å². The fourth-order valence-corrected chi connectivity index (χ4v) is 2.47. The third-order valence-electron chi connectivity index (χ3n) is 4.09. The van der Waals surface area contributed by atoms with E-state index in [1.165, 1.54) is 62.7 Å². The van der Waals surface area contributed by atoms with Crippen LogP contribution in [0, 0.1) is 5.82 Å². The van der Waals surface area contributed by atoms with Gasteiger partial charge in [-0.2, -0.15) is 8.78 Å². The van der Waals surface area contributed by atoms with E-state index >= 15 is 0 Å². The number of anilines is 1. The van der Waals surface area contributed by atoms with E-state index < -0.39 is 36.8 Å². The molecular weight excluding hydrogens is 445 g/mol.